The van der Waals surface area contributed by atoms with E-state index in [-0.39, 0.29) is 37.1 Å². The van der Waals surface area contributed by atoms with Crippen LogP contribution in [0.15, 0.2) is 5.16 Å². The molecule has 15 heteroatoms. The molecule has 3 aliphatic rings. The van der Waals surface area contributed by atoms with Crippen molar-refractivity contribution in [2.75, 3.05) is 21.2 Å². The quantitative estimate of drug-likeness (QED) is 0.125. The van der Waals surface area contributed by atoms with Gasteiger partial charge in [0.15, 0.2) is 12.6 Å². The number of hydrogen-bond acceptors (Lipinski definition) is 15. The van der Waals surface area contributed by atoms with Crippen molar-refractivity contribution in [2.24, 2.45) is 28.8 Å². The molecule has 0 spiro atoms. The van der Waals surface area contributed by atoms with E-state index in [1.165, 1.54) is 14.0 Å². The number of nitrogens with zero attached hydrogens (tertiary/aromatic N) is 2. The van der Waals surface area contributed by atoms with Crippen molar-refractivity contribution in [3.8, 4) is 0 Å². The Kier molecular flexibility index (Phi) is 15.1. The van der Waals surface area contributed by atoms with E-state index in [2.05, 4.69) is 5.16 Å². The molecule has 304 valence electrons. The van der Waals surface area contributed by atoms with Crippen molar-refractivity contribution in [1.29, 1.82) is 0 Å². The molecule has 0 bridgehead atoms. The third-order valence-electron chi connectivity index (χ3n) is 12.0. The van der Waals surface area contributed by atoms with Gasteiger partial charge in [0.2, 0.25) is 0 Å². The zero-order valence-corrected chi connectivity index (χ0v) is 33.4. The molecule has 3 rings (SSSR count). The van der Waals surface area contributed by atoms with Crippen molar-refractivity contribution < 1.29 is 64.0 Å². The fraction of sp³-hybridized carbons (Fsp3) is 0.946. The van der Waals surface area contributed by atoms with E-state index in [1.54, 1.807) is 55.4 Å². The standard InChI is InChI=1S/C37H68N2O13/c1-14-25-37(10,45)30(41)20(4)27(38-46)18(2)16-35(8,44)32(52-34-28(40)24(39(11)12)15-19(3)48-34)21(5)29(22(6)33(43)50-25)51-26-17-36(9,47-13)31(42)23(7)49-26/h18-26,28-32,34,40-42,44-46H,14-17H2,1-13H3/b38-27-/t18-,19-,20+,21+,22-,23-,24+,25-,26-,28-,29+,30-,31-,32-,34-,35-,36+,37-/m1/s1. The van der Waals surface area contributed by atoms with Gasteiger partial charge in [-0.15, -0.1) is 0 Å². The molecule has 0 aliphatic carbocycles. The number of esters is 1. The van der Waals surface area contributed by atoms with Gasteiger partial charge in [-0.3, -0.25) is 4.79 Å². The molecule has 0 amide bonds. The van der Waals surface area contributed by atoms with E-state index in [1.807, 2.05) is 25.9 Å². The number of methoxy groups -OCH3 is 1. The van der Waals surface area contributed by atoms with Crippen molar-refractivity contribution >= 4 is 11.7 Å². The Bertz CT molecular complexity index is 1200. The number of ether oxygens (including phenoxy) is 6. The predicted octanol–water partition coefficient (Wildman–Crippen LogP) is 2.05. The molecule has 0 aromatic rings. The molecule has 15 nitrogen and oxygen atoms in total. The Balaban J connectivity index is 2.21. The van der Waals surface area contributed by atoms with Gasteiger partial charge in [-0.25, -0.2) is 0 Å². The lowest BCUT2D eigenvalue weighted by Crippen LogP contribution is -2.61. The predicted molar refractivity (Wildman–Crippen MR) is 190 cm³/mol. The van der Waals surface area contributed by atoms with Gasteiger partial charge in [0.25, 0.3) is 0 Å². The van der Waals surface area contributed by atoms with E-state index in [4.69, 9.17) is 28.4 Å². The van der Waals surface area contributed by atoms with Crippen LogP contribution in [0, 0.1) is 23.7 Å². The first kappa shape index (κ1) is 44.9. The second-order valence-electron chi connectivity index (χ2n) is 16.6. The summed E-state index contributed by atoms with van der Waals surface area (Å²) < 4.78 is 37.2. The van der Waals surface area contributed by atoms with Crippen molar-refractivity contribution in [2.45, 2.75) is 179 Å². The van der Waals surface area contributed by atoms with Crippen molar-refractivity contribution in [3.63, 3.8) is 0 Å². The maximum Gasteiger partial charge on any atom is 0.311 e. The minimum Gasteiger partial charge on any atom is -0.459 e. The van der Waals surface area contributed by atoms with Gasteiger partial charge in [0.1, 0.15) is 23.9 Å². The topological polar surface area (TPSA) is 209 Å². The van der Waals surface area contributed by atoms with Crippen LogP contribution in [-0.2, 0) is 33.2 Å². The van der Waals surface area contributed by atoms with E-state index in [0.717, 1.165) is 0 Å². The zero-order chi connectivity index (χ0) is 39.7. The van der Waals surface area contributed by atoms with Crippen LogP contribution in [0.3, 0.4) is 0 Å². The number of aliphatic hydroxyl groups is 5. The second-order valence-corrected chi connectivity index (χ2v) is 16.6. The van der Waals surface area contributed by atoms with E-state index >= 15 is 0 Å². The van der Waals surface area contributed by atoms with Crippen LogP contribution in [0.5, 0.6) is 0 Å². The number of likely N-dealkylation sites (N-methyl/N-ethyl adjacent to an activating group) is 1. The molecule has 0 aromatic carbocycles. The molecular formula is C37H68N2O13. The zero-order valence-electron chi connectivity index (χ0n) is 33.4. The van der Waals surface area contributed by atoms with Crippen molar-refractivity contribution in [1.82, 2.24) is 4.90 Å². The van der Waals surface area contributed by atoms with Crippen LogP contribution in [-0.4, -0.2) is 153 Å². The highest BCUT2D eigenvalue weighted by Crippen LogP contribution is 2.41. The van der Waals surface area contributed by atoms with Gasteiger partial charge in [-0.2, -0.15) is 0 Å². The number of oxime groups is 1. The fourth-order valence-corrected chi connectivity index (χ4v) is 8.61. The van der Waals surface area contributed by atoms with E-state index in [0.29, 0.717) is 6.42 Å². The molecule has 3 fully saturated rings. The lowest BCUT2D eigenvalue weighted by atomic mass is 9.73. The van der Waals surface area contributed by atoms with Gasteiger partial charge in [-0.1, -0.05) is 32.9 Å². The molecular weight excluding hydrogens is 680 g/mol. The lowest BCUT2D eigenvalue weighted by Gasteiger charge is -2.49. The molecule has 3 heterocycles. The van der Waals surface area contributed by atoms with Crippen LogP contribution >= 0.6 is 0 Å². The number of cyclic esters (lactones) is 1. The average molecular weight is 749 g/mol. The first-order chi connectivity index (χ1) is 24.0. The Morgan fingerprint density at radius 3 is 2.08 bits per heavy atom. The largest absolute Gasteiger partial charge is 0.459 e. The smallest absolute Gasteiger partial charge is 0.311 e. The minimum absolute atomic E-state index is 0.0657. The summed E-state index contributed by atoms with van der Waals surface area (Å²) in [6.45, 7) is 16.6. The number of aliphatic hydroxyl groups excluding tert-OH is 3. The molecule has 3 aliphatic heterocycles. The van der Waals surface area contributed by atoms with E-state index < -0.39 is 102 Å². The first-order valence-corrected chi connectivity index (χ1v) is 18.7. The van der Waals surface area contributed by atoms with Crippen LogP contribution in [0.1, 0.15) is 94.9 Å². The van der Waals surface area contributed by atoms with Gasteiger partial charge >= 0.3 is 5.97 Å². The number of carbonyl (C=O) groups excluding carboxylic acids is 1. The summed E-state index contributed by atoms with van der Waals surface area (Å²) in [7, 11) is 5.19. The molecule has 6 N–H and O–H groups in total. The summed E-state index contributed by atoms with van der Waals surface area (Å²) in [6, 6.07) is -0.322. The molecule has 0 unspecified atom stereocenters. The summed E-state index contributed by atoms with van der Waals surface area (Å²) >= 11 is 0. The second kappa shape index (κ2) is 17.5. The summed E-state index contributed by atoms with van der Waals surface area (Å²) in [5, 5.41) is 71.8. The summed E-state index contributed by atoms with van der Waals surface area (Å²) in [5.41, 5.74) is -4.68. The molecule has 3 saturated heterocycles. The van der Waals surface area contributed by atoms with Crippen molar-refractivity contribution in [3.05, 3.63) is 0 Å². The third kappa shape index (κ3) is 9.47. The first-order valence-electron chi connectivity index (χ1n) is 18.7. The molecule has 52 heavy (non-hydrogen) atoms. The average Bonchev–Trinajstić information content (AvgIpc) is 3.06. The monoisotopic (exact) mass is 748 g/mol. The molecule has 18 atom stereocenters. The molecule has 0 radical (unpaired) electrons. The van der Waals surface area contributed by atoms with Crippen LogP contribution < -0.4 is 0 Å². The van der Waals surface area contributed by atoms with Gasteiger partial charge in [-0.05, 0) is 74.9 Å². The molecule has 0 aromatic heterocycles. The van der Waals surface area contributed by atoms with Gasteiger partial charge in [0, 0.05) is 37.3 Å². The van der Waals surface area contributed by atoms with E-state index in [9.17, 15) is 35.5 Å². The highest BCUT2D eigenvalue weighted by molar-refractivity contribution is 5.88. The maximum absolute atomic E-state index is 14.1. The third-order valence-corrected chi connectivity index (χ3v) is 12.0. The SMILES string of the molecule is CC[C@H]1OC(=O)[C@H](C)[C@@H](O[C@@H]2C[C@](C)(OC)[C@H](O)[C@@H](C)O2)[C@H](C)[C@@H](O[C@H]2O[C@H](C)C[C@H](N(C)C)[C@H]2O)[C@](C)(O)C[C@@H](C)/C(=N/O)[C@H](C)[C@@H](O)[C@]1(C)O. The number of hydrogen-bond donors (Lipinski definition) is 6. The van der Waals surface area contributed by atoms with Crippen LogP contribution in [0.4, 0.5) is 0 Å². The number of carbonyl (C=O) groups is 1. The Morgan fingerprint density at radius 2 is 1.54 bits per heavy atom. The summed E-state index contributed by atoms with van der Waals surface area (Å²) in [5.74, 6) is -4.24. The fourth-order valence-electron chi connectivity index (χ4n) is 8.61. The van der Waals surface area contributed by atoms with Gasteiger partial charge in [0.05, 0.1) is 53.4 Å². The molecule has 0 saturated carbocycles. The lowest BCUT2D eigenvalue weighted by molar-refractivity contribution is -0.317. The van der Waals surface area contributed by atoms with Gasteiger partial charge < -0.3 is 64.1 Å². The highest BCUT2D eigenvalue weighted by atomic mass is 16.7. The number of rotatable bonds is 7. The summed E-state index contributed by atoms with van der Waals surface area (Å²) in [6.07, 6.45) is -9.51. The van der Waals surface area contributed by atoms with Crippen LogP contribution in [0.2, 0.25) is 0 Å². The summed E-state index contributed by atoms with van der Waals surface area (Å²) in [4.78, 5) is 16.0. The Morgan fingerprint density at radius 1 is 0.923 bits per heavy atom. The minimum atomic E-state index is -1.97. The highest BCUT2D eigenvalue weighted by Gasteiger charge is 2.53. The Labute approximate surface area is 309 Å². The van der Waals surface area contributed by atoms with Crippen LogP contribution in [0.25, 0.3) is 0 Å². The maximum atomic E-state index is 14.1. The normalized spacial score (nSPS) is 49.8. The Hall–Kier alpha value is -1.50.